The van der Waals surface area contributed by atoms with Gasteiger partial charge in [-0.2, -0.15) is 0 Å². The monoisotopic (exact) mass is 450 g/mol. The van der Waals surface area contributed by atoms with Crippen LogP contribution in [0.4, 0.5) is 4.39 Å². The van der Waals surface area contributed by atoms with Gasteiger partial charge in [0.25, 0.3) is 0 Å². The summed E-state index contributed by atoms with van der Waals surface area (Å²) in [4.78, 5) is 2.42. The van der Waals surface area contributed by atoms with E-state index in [9.17, 15) is 9.50 Å². The number of aryl methyl sites for hydroxylation is 1. The van der Waals surface area contributed by atoms with Gasteiger partial charge in [-0.1, -0.05) is 49.6 Å². The Morgan fingerprint density at radius 2 is 1.88 bits per heavy atom. The van der Waals surface area contributed by atoms with Crippen molar-refractivity contribution >= 4 is 0 Å². The highest BCUT2D eigenvalue weighted by molar-refractivity contribution is 5.31. The van der Waals surface area contributed by atoms with E-state index in [4.69, 9.17) is 4.74 Å². The fourth-order valence-corrected chi connectivity index (χ4v) is 4.80. The molecule has 0 spiro atoms. The minimum Gasteiger partial charge on any atom is -0.491 e. The van der Waals surface area contributed by atoms with E-state index in [0.717, 1.165) is 36.3 Å². The van der Waals surface area contributed by atoms with Gasteiger partial charge in [0, 0.05) is 37.6 Å². The number of aliphatic hydroxyl groups excluding tert-OH is 1. The van der Waals surface area contributed by atoms with E-state index >= 15 is 0 Å². The van der Waals surface area contributed by atoms with Crippen molar-refractivity contribution in [1.82, 2.24) is 9.47 Å². The summed E-state index contributed by atoms with van der Waals surface area (Å²) in [6, 6.07) is 19.3. The summed E-state index contributed by atoms with van der Waals surface area (Å²) in [6.45, 7) is 4.26. The van der Waals surface area contributed by atoms with E-state index in [1.54, 1.807) is 12.1 Å². The first kappa shape index (κ1) is 23.5. The molecule has 5 heteroatoms. The number of aromatic nitrogens is 1. The molecule has 1 aromatic heterocycles. The summed E-state index contributed by atoms with van der Waals surface area (Å²) in [5.41, 5.74) is 3.20. The molecule has 2 aromatic carbocycles. The van der Waals surface area contributed by atoms with E-state index in [0.29, 0.717) is 19.1 Å². The lowest BCUT2D eigenvalue weighted by atomic mass is 9.94. The fraction of sp³-hybridized carbons (Fsp3) is 0.429. The van der Waals surface area contributed by atoms with Gasteiger partial charge in [0.2, 0.25) is 0 Å². The Morgan fingerprint density at radius 3 is 2.67 bits per heavy atom. The second kappa shape index (κ2) is 11.5. The number of benzene rings is 2. The van der Waals surface area contributed by atoms with Crippen LogP contribution in [0.25, 0.3) is 0 Å². The first-order valence-corrected chi connectivity index (χ1v) is 12.1. The summed E-state index contributed by atoms with van der Waals surface area (Å²) in [6.07, 6.45) is 7.57. The van der Waals surface area contributed by atoms with Crippen LogP contribution < -0.4 is 4.74 Å². The van der Waals surface area contributed by atoms with Crippen molar-refractivity contribution in [3.05, 3.63) is 89.5 Å². The number of hydrogen-bond donors (Lipinski definition) is 1. The number of nitrogens with zero attached hydrogens (tertiary/aromatic N) is 2. The van der Waals surface area contributed by atoms with Gasteiger partial charge in [-0.05, 0) is 61.2 Å². The molecule has 0 saturated heterocycles. The number of halogens is 1. The molecule has 4 nitrogen and oxygen atoms in total. The van der Waals surface area contributed by atoms with Crippen molar-refractivity contribution in [2.75, 3.05) is 13.2 Å². The summed E-state index contributed by atoms with van der Waals surface area (Å²) in [5, 5.41) is 10.9. The Kier molecular flexibility index (Phi) is 8.19. The van der Waals surface area contributed by atoms with Crippen molar-refractivity contribution in [1.29, 1.82) is 0 Å². The molecule has 1 aliphatic carbocycles. The molecule has 3 aromatic rings. The van der Waals surface area contributed by atoms with Gasteiger partial charge >= 0.3 is 0 Å². The van der Waals surface area contributed by atoms with Gasteiger partial charge in [-0.25, -0.2) is 4.39 Å². The number of hydrogen-bond acceptors (Lipinski definition) is 3. The predicted molar refractivity (Wildman–Crippen MR) is 130 cm³/mol. The third-order valence-corrected chi connectivity index (χ3v) is 6.59. The molecule has 0 radical (unpaired) electrons. The van der Waals surface area contributed by atoms with E-state index in [1.165, 1.54) is 31.0 Å². The normalized spacial score (nSPS) is 15.6. The van der Waals surface area contributed by atoms with E-state index in [-0.39, 0.29) is 12.4 Å². The molecule has 1 aliphatic rings. The van der Waals surface area contributed by atoms with Crippen LogP contribution in [-0.4, -0.2) is 39.9 Å². The number of rotatable bonds is 10. The third kappa shape index (κ3) is 6.68. The zero-order valence-electron chi connectivity index (χ0n) is 19.5. The van der Waals surface area contributed by atoms with Crippen molar-refractivity contribution in [3.63, 3.8) is 0 Å². The predicted octanol–water partition coefficient (Wildman–Crippen LogP) is 5.56. The molecule has 0 bridgehead atoms. The standard InChI is InChI=1S/C28H35FN2O2/c1-22-9-5-6-15-28(22)33-21-27(32)20-31(25-12-3-2-4-13-25)19-26-14-8-16-30(26)18-23-10-7-11-24(29)17-23/h5-11,14-17,25,27,32H,2-4,12-13,18-21H2,1H3/t27-/m0/s1. The quantitative estimate of drug-likeness (QED) is 0.440. The summed E-state index contributed by atoms with van der Waals surface area (Å²) >= 11 is 0. The Hall–Kier alpha value is -2.63. The van der Waals surface area contributed by atoms with Crippen LogP contribution in [0, 0.1) is 12.7 Å². The maximum absolute atomic E-state index is 13.7. The molecular formula is C28H35FN2O2. The van der Waals surface area contributed by atoms with Gasteiger partial charge in [0.05, 0.1) is 0 Å². The zero-order valence-corrected chi connectivity index (χ0v) is 19.5. The third-order valence-electron chi connectivity index (χ3n) is 6.59. The zero-order chi connectivity index (χ0) is 23.0. The van der Waals surface area contributed by atoms with Gasteiger partial charge in [0.15, 0.2) is 0 Å². The smallest absolute Gasteiger partial charge is 0.123 e. The molecule has 176 valence electrons. The molecule has 1 heterocycles. The van der Waals surface area contributed by atoms with Crippen LogP contribution in [0.5, 0.6) is 5.75 Å². The molecule has 1 saturated carbocycles. The summed E-state index contributed by atoms with van der Waals surface area (Å²) in [5.74, 6) is 0.617. The average molecular weight is 451 g/mol. The van der Waals surface area contributed by atoms with Gasteiger partial charge in [0.1, 0.15) is 24.3 Å². The van der Waals surface area contributed by atoms with Crippen molar-refractivity contribution in [2.45, 2.75) is 64.3 Å². The Labute approximate surface area is 196 Å². The minimum atomic E-state index is -0.571. The summed E-state index contributed by atoms with van der Waals surface area (Å²) < 4.78 is 21.8. The van der Waals surface area contributed by atoms with Crippen LogP contribution >= 0.6 is 0 Å². The number of aliphatic hydroxyl groups is 1. The highest BCUT2D eigenvalue weighted by Gasteiger charge is 2.24. The highest BCUT2D eigenvalue weighted by atomic mass is 19.1. The molecular weight excluding hydrogens is 415 g/mol. The topological polar surface area (TPSA) is 37.6 Å². The molecule has 4 rings (SSSR count). The summed E-state index contributed by atoms with van der Waals surface area (Å²) in [7, 11) is 0. The molecule has 0 unspecified atom stereocenters. The Morgan fingerprint density at radius 1 is 1.06 bits per heavy atom. The first-order chi connectivity index (χ1) is 16.1. The second-order valence-corrected chi connectivity index (χ2v) is 9.21. The Bertz CT molecular complexity index is 1010. The molecule has 33 heavy (non-hydrogen) atoms. The van der Waals surface area contributed by atoms with Gasteiger partial charge < -0.3 is 14.4 Å². The van der Waals surface area contributed by atoms with E-state index < -0.39 is 6.10 Å². The van der Waals surface area contributed by atoms with Gasteiger partial charge in [-0.3, -0.25) is 4.90 Å². The Balaban J connectivity index is 1.43. The van der Waals surface area contributed by atoms with Crippen LogP contribution in [0.1, 0.15) is 48.9 Å². The van der Waals surface area contributed by atoms with Crippen LogP contribution in [0.2, 0.25) is 0 Å². The lowest BCUT2D eigenvalue weighted by Gasteiger charge is -2.35. The molecule has 1 N–H and O–H groups in total. The highest BCUT2D eigenvalue weighted by Crippen LogP contribution is 2.25. The van der Waals surface area contributed by atoms with Gasteiger partial charge in [-0.15, -0.1) is 0 Å². The number of ether oxygens (including phenoxy) is 1. The molecule has 1 fully saturated rings. The van der Waals surface area contributed by atoms with E-state index in [1.807, 2.05) is 43.3 Å². The molecule has 0 aliphatic heterocycles. The molecule has 1 atom stereocenters. The van der Waals surface area contributed by atoms with Crippen LogP contribution in [0.15, 0.2) is 66.9 Å². The van der Waals surface area contributed by atoms with Crippen LogP contribution in [-0.2, 0) is 13.1 Å². The second-order valence-electron chi connectivity index (χ2n) is 9.21. The minimum absolute atomic E-state index is 0.207. The SMILES string of the molecule is Cc1ccccc1OC[C@@H](O)CN(Cc1cccn1Cc1cccc(F)c1)C1CCCCC1. The maximum atomic E-state index is 13.7. The maximum Gasteiger partial charge on any atom is 0.123 e. The fourth-order valence-electron chi connectivity index (χ4n) is 4.80. The van der Waals surface area contributed by atoms with Crippen molar-refractivity contribution in [2.24, 2.45) is 0 Å². The van der Waals surface area contributed by atoms with Crippen LogP contribution in [0.3, 0.4) is 0 Å². The van der Waals surface area contributed by atoms with Crippen molar-refractivity contribution < 1.29 is 14.2 Å². The van der Waals surface area contributed by atoms with Crippen molar-refractivity contribution in [3.8, 4) is 5.75 Å². The number of para-hydroxylation sites is 1. The largest absolute Gasteiger partial charge is 0.491 e. The van der Waals surface area contributed by atoms with E-state index in [2.05, 4.69) is 21.7 Å². The lowest BCUT2D eigenvalue weighted by molar-refractivity contribution is 0.0387. The average Bonchev–Trinajstić information content (AvgIpc) is 3.25. The molecule has 0 amide bonds. The lowest BCUT2D eigenvalue weighted by Crippen LogP contribution is -2.43. The first-order valence-electron chi connectivity index (χ1n) is 12.1.